The molecule has 0 amide bonds. The molecule has 2 aromatic carbocycles. The summed E-state index contributed by atoms with van der Waals surface area (Å²) < 4.78 is 14.4. The number of rotatable bonds is 4. The number of anilines is 1. The molecule has 0 spiro atoms. The molecule has 130 valence electrons. The van der Waals surface area contributed by atoms with E-state index in [0.29, 0.717) is 11.3 Å². The predicted molar refractivity (Wildman–Crippen MR) is 108 cm³/mol. The van der Waals surface area contributed by atoms with Crippen LogP contribution >= 0.6 is 0 Å². The van der Waals surface area contributed by atoms with Crippen molar-refractivity contribution in [1.82, 2.24) is 4.98 Å². The van der Waals surface area contributed by atoms with Crippen LogP contribution in [0.4, 0.5) is 10.1 Å². The van der Waals surface area contributed by atoms with E-state index >= 15 is 0 Å². The Kier molecular flexibility index (Phi) is 5.31. The lowest BCUT2D eigenvalue weighted by Crippen LogP contribution is -1.95. The molecule has 0 fully saturated rings. The fourth-order valence-electron chi connectivity index (χ4n) is 2.91. The van der Waals surface area contributed by atoms with E-state index in [1.807, 2.05) is 63.4 Å². The molecule has 3 rings (SSSR count). The highest BCUT2D eigenvalue weighted by atomic mass is 19.1. The SMILES string of the molecule is CC=C=Cc1ccc(-c2cccnc2-c2cc(C)ccc2F)cc1NC. The first-order valence-electron chi connectivity index (χ1n) is 8.55. The van der Waals surface area contributed by atoms with Crippen LogP contribution in [0.3, 0.4) is 0 Å². The number of hydrogen-bond acceptors (Lipinski definition) is 2. The molecule has 0 bridgehead atoms. The molecule has 3 heteroatoms. The van der Waals surface area contributed by atoms with Gasteiger partial charge in [0, 0.05) is 35.6 Å². The van der Waals surface area contributed by atoms with Crippen LogP contribution in [-0.2, 0) is 0 Å². The highest BCUT2D eigenvalue weighted by Crippen LogP contribution is 2.34. The van der Waals surface area contributed by atoms with Gasteiger partial charge in [0.1, 0.15) is 5.82 Å². The molecule has 1 aromatic heterocycles. The van der Waals surface area contributed by atoms with Gasteiger partial charge in [-0.15, -0.1) is 5.73 Å². The van der Waals surface area contributed by atoms with E-state index in [-0.39, 0.29) is 5.82 Å². The van der Waals surface area contributed by atoms with Crippen molar-refractivity contribution in [2.24, 2.45) is 0 Å². The Morgan fingerprint density at radius 2 is 1.92 bits per heavy atom. The van der Waals surface area contributed by atoms with Crippen molar-refractivity contribution < 1.29 is 4.39 Å². The van der Waals surface area contributed by atoms with Gasteiger partial charge >= 0.3 is 0 Å². The van der Waals surface area contributed by atoms with Crippen LogP contribution in [0.2, 0.25) is 0 Å². The Morgan fingerprint density at radius 3 is 2.69 bits per heavy atom. The lowest BCUT2D eigenvalue weighted by atomic mass is 9.96. The number of nitrogens with zero attached hydrogens (tertiary/aromatic N) is 1. The zero-order valence-electron chi connectivity index (χ0n) is 15.2. The molecular formula is C23H21FN2. The molecule has 0 unspecified atom stereocenters. The van der Waals surface area contributed by atoms with Crippen LogP contribution in [0.15, 0.2) is 66.5 Å². The summed E-state index contributed by atoms with van der Waals surface area (Å²) in [7, 11) is 1.89. The second-order valence-corrected chi connectivity index (χ2v) is 6.03. The Morgan fingerprint density at radius 1 is 1.08 bits per heavy atom. The Hall–Kier alpha value is -3.16. The monoisotopic (exact) mass is 344 g/mol. The fourth-order valence-corrected chi connectivity index (χ4v) is 2.91. The van der Waals surface area contributed by atoms with Crippen molar-refractivity contribution in [3.63, 3.8) is 0 Å². The topological polar surface area (TPSA) is 24.9 Å². The van der Waals surface area contributed by atoms with E-state index in [1.165, 1.54) is 6.07 Å². The average Bonchev–Trinajstić information content (AvgIpc) is 2.68. The second kappa shape index (κ2) is 7.81. The molecule has 0 saturated carbocycles. The van der Waals surface area contributed by atoms with E-state index in [4.69, 9.17) is 0 Å². The van der Waals surface area contributed by atoms with Crippen molar-refractivity contribution in [2.45, 2.75) is 13.8 Å². The molecule has 0 aliphatic carbocycles. The van der Waals surface area contributed by atoms with Gasteiger partial charge in [-0.3, -0.25) is 4.98 Å². The van der Waals surface area contributed by atoms with Gasteiger partial charge in [0.05, 0.1) is 5.69 Å². The van der Waals surface area contributed by atoms with Crippen LogP contribution < -0.4 is 5.32 Å². The zero-order chi connectivity index (χ0) is 18.5. The van der Waals surface area contributed by atoms with Crippen LogP contribution in [-0.4, -0.2) is 12.0 Å². The molecule has 2 nitrogen and oxygen atoms in total. The van der Waals surface area contributed by atoms with E-state index in [9.17, 15) is 4.39 Å². The van der Waals surface area contributed by atoms with Gasteiger partial charge in [-0.25, -0.2) is 4.39 Å². The number of aryl methyl sites for hydroxylation is 1. The van der Waals surface area contributed by atoms with E-state index < -0.39 is 0 Å². The summed E-state index contributed by atoms with van der Waals surface area (Å²) in [5, 5.41) is 3.21. The number of aromatic nitrogens is 1. The largest absolute Gasteiger partial charge is 0.388 e. The molecule has 3 aromatic rings. The van der Waals surface area contributed by atoms with Crippen molar-refractivity contribution in [3.8, 4) is 22.4 Å². The minimum atomic E-state index is -0.267. The lowest BCUT2D eigenvalue weighted by Gasteiger charge is -2.13. The van der Waals surface area contributed by atoms with Crippen LogP contribution in [0.1, 0.15) is 18.1 Å². The first-order valence-corrected chi connectivity index (χ1v) is 8.55. The van der Waals surface area contributed by atoms with E-state index in [1.54, 1.807) is 12.3 Å². The molecular weight excluding hydrogens is 323 g/mol. The van der Waals surface area contributed by atoms with Crippen LogP contribution in [0.5, 0.6) is 0 Å². The number of benzene rings is 2. The number of halogens is 1. The highest BCUT2D eigenvalue weighted by molar-refractivity contribution is 5.84. The van der Waals surface area contributed by atoms with Crippen molar-refractivity contribution in [3.05, 3.63) is 83.5 Å². The smallest absolute Gasteiger partial charge is 0.132 e. The summed E-state index contributed by atoms with van der Waals surface area (Å²) in [4.78, 5) is 4.47. The lowest BCUT2D eigenvalue weighted by molar-refractivity contribution is 0.630. The van der Waals surface area contributed by atoms with Gasteiger partial charge in [-0.1, -0.05) is 29.8 Å². The molecule has 0 saturated heterocycles. The van der Waals surface area contributed by atoms with Gasteiger partial charge < -0.3 is 5.32 Å². The van der Waals surface area contributed by atoms with Crippen molar-refractivity contribution >= 4 is 11.8 Å². The van der Waals surface area contributed by atoms with Crippen molar-refractivity contribution in [2.75, 3.05) is 12.4 Å². The molecule has 1 heterocycles. The molecule has 26 heavy (non-hydrogen) atoms. The van der Waals surface area contributed by atoms with Crippen LogP contribution in [0.25, 0.3) is 28.5 Å². The quantitative estimate of drug-likeness (QED) is 0.579. The van der Waals surface area contributed by atoms with Gasteiger partial charge in [-0.2, -0.15) is 0 Å². The maximum absolute atomic E-state index is 14.4. The third kappa shape index (κ3) is 3.58. The molecule has 0 aliphatic heterocycles. The third-order valence-corrected chi connectivity index (χ3v) is 4.22. The molecule has 0 aliphatic rings. The number of nitrogens with one attached hydrogen (secondary N) is 1. The van der Waals surface area contributed by atoms with Crippen LogP contribution in [0, 0.1) is 12.7 Å². The summed E-state index contributed by atoms with van der Waals surface area (Å²) in [6.07, 6.45) is 5.50. The first-order chi connectivity index (χ1) is 12.6. The Bertz CT molecular complexity index is 999. The zero-order valence-corrected chi connectivity index (χ0v) is 15.2. The summed E-state index contributed by atoms with van der Waals surface area (Å²) in [5.74, 6) is -0.267. The van der Waals surface area contributed by atoms with Gasteiger partial charge in [0.25, 0.3) is 0 Å². The average molecular weight is 344 g/mol. The summed E-state index contributed by atoms with van der Waals surface area (Å²) in [6.45, 7) is 3.88. The summed E-state index contributed by atoms with van der Waals surface area (Å²) in [5.41, 5.74) is 9.17. The minimum Gasteiger partial charge on any atom is -0.388 e. The Balaban J connectivity index is 2.17. The summed E-state index contributed by atoms with van der Waals surface area (Å²) >= 11 is 0. The number of hydrogen-bond donors (Lipinski definition) is 1. The van der Waals surface area contributed by atoms with Crippen molar-refractivity contribution in [1.29, 1.82) is 0 Å². The number of pyridine rings is 1. The Labute approximate surface area is 153 Å². The van der Waals surface area contributed by atoms with E-state index in [0.717, 1.165) is 27.9 Å². The molecule has 1 N–H and O–H groups in total. The standard InChI is InChI=1S/C23H21FN2/c1-4-5-7-17-10-11-18(15-22(17)25-3)19-8-6-13-26-23(19)20-14-16(2)9-12-21(20)24/h4,6-15,25H,1-3H3. The normalized spacial score (nSPS) is 10.2. The molecule has 0 atom stereocenters. The predicted octanol–water partition coefficient (Wildman–Crippen LogP) is 6.09. The maximum atomic E-state index is 14.4. The highest BCUT2D eigenvalue weighted by Gasteiger charge is 2.13. The fraction of sp³-hybridized carbons (Fsp3) is 0.130. The van der Waals surface area contributed by atoms with Gasteiger partial charge in [-0.05, 0) is 55.8 Å². The first kappa shape index (κ1) is 17.7. The van der Waals surface area contributed by atoms with Gasteiger partial charge in [0.2, 0.25) is 0 Å². The van der Waals surface area contributed by atoms with Gasteiger partial charge in [0.15, 0.2) is 0 Å². The minimum absolute atomic E-state index is 0.267. The third-order valence-electron chi connectivity index (χ3n) is 4.22. The maximum Gasteiger partial charge on any atom is 0.132 e. The second-order valence-electron chi connectivity index (χ2n) is 6.03. The number of allylic oxidation sites excluding steroid dienone is 1. The van der Waals surface area contributed by atoms with E-state index in [2.05, 4.69) is 22.1 Å². The molecule has 0 radical (unpaired) electrons. The summed E-state index contributed by atoms with van der Waals surface area (Å²) in [6, 6.07) is 15.1.